The van der Waals surface area contributed by atoms with E-state index in [1.54, 1.807) is 26.7 Å². The number of amides is 1. The number of rotatable bonds is 8. The van der Waals surface area contributed by atoms with Crippen LogP contribution in [0, 0.1) is 0 Å². The molecule has 0 unspecified atom stereocenters. The first kappa shape index (κ1) is 19.5. The Balaban J connectivity index is 1.99. The lowest BCUT2D eigenvalue weighted by molar-refractivity contribution is -0.127. The van der Waals surface area contributed by atoms with Gasteiger partial charge in [-0.15, -0.1) is 10.2 Å². The zero-order chi connectivity index (χ0) is 18.9. The Bertz CT molecular complexity index is 707. The third-order valence-corrected chi connectivity index (χ3v) is 3.85. The standard InChI is InChI=1S/C17H27N7O2/c1-5-15-21-20-13-24(15)9-8-18-17(19-11-16(25)22(2)3)23(4)12-14-7-6-10-26-14/h6-7,10,13H,5,8-9,11-12H2,1-4H3,(H,18,19). The van der Waals surface area contributed by atoms with Gasteiger partial charge in [0, 0.05) is 40.7 Å². The molecule has 0 aliphatic heterocycles. The number of carbonyl (C=O) groups is 1. The highest BCUT2D eigenvalue weighted by atomic mass is 16.3. The minimum atomic E-state index is -0.0530. The van der Waals surface area contributed by atoms with Crippen molar-refractivity contribution in [2.24, 2.45) is 4.99 Å². The molecule has 2 heterocycles. The van der Waals surface area contributed by atoms with Crippen molar-refractivity contribution >= 4 is 11.9 Å². The van der Waals surface area contributed by atoms with Crippen LogP contribution in [0.4, 0.5) is 0 Å². The van der Waals surface area contributed by atoms with Gasteiger partial charge in [0.2, 0.25) is 5.91 Å². The summed E-state index contributed by atoms with van der Waals surface area (Å²) in [4.78, 5) is 19.8. The molecule has 0 saturated carbocycles. The maximum absolute atomic E-state index is 11.9. The largest absolute Gasteiger partial charge is 0.467 e. The lowest BCUT2D eigenvalue weighted by atomic mass is 10.4. The number of hydrogen-bond donors (Lipinski definition) is 1. The predicted molar refractivity (Wildman–Crippen MR) is 98.6 cm³/mol. The van der Waals surface area contributed by atoms with Gasteiger partial charge in [-0.1, -0.05) is 6.92 Å². The van der Waals surface area contributed by atoms with E-state index >= 15 is 0 Å². The van der Waals surface area contributed by atoms with E-state index in [1.807, 2.05) is 35.6 Å². The molecule has 0 bridgehead atoms. The van der Waals surface area contributed by atoms with Crippen LogP contribution in [0.2, 0.25) is 0 Å². The highest BCUT2D eigenvalue weighted by Crippen LogP contribution is 2.04. The zero-order valence-electron chi connectivity index (χ0n) is 15.8. The second-order valence-electron chi connectivity index (χ2n) is 6.08. The lowest BCUT2D eigenvalue weighted by Crippen LogP contribution is -2.40. The maximum Gasteiger partial charge on any atom is 0.243 e. The molecular formula is C17H27N7O2. The molecule has 0 aliphatic rings. The fourth-order valence-corrected chi connectivity index (χ4v) is 2.33. The molecular weight excluding hydrogens is 334 g/mol. The van der Waals surface area contributed by atoms with Gasteiger partial charge < -0.3 is 24.1 Å². The van der Waals surface area contributed by atoms with Crippen LogP contribution in [-0.4, -0.2) is 70.7 Å². The molecule has 2 aromatic heterocycles. The molecule has 0 atom stereocenters. The fourth-order valence-electron chi connectivity index (χ4n) is 2.33. The van der Waals surface area contributed by atoms with Crippen molar-refractivity contribution in [3.05, 3.63) is 36.3 Å². The Hall–Kier alpha value is -2.84. The van der Waals surface area contributed by atoms with Gasteiger partial charge in [-0.25, -0.2) is 4.99 Å². The van der Waals surface area contributed by atoms with Crippen LogP contribution in [0.5, 0.6) is 0 Å². The number of aryl methyl sites for hydroxylation is 1. The molecule has 0 radical (unpaired) electrons. The van der Waals surface area contributed by atoms with Gasteiger partial charge in [0.1, 0.15) is 24.5 Å². The molecule has 1 amide bonds. The Morgan fingerprint density at radius 1 is 1.38 bits per heavy atom. The summed E-state index contributed by atoms with van der Waals surface area (Å²) in [6.45, 7) is 4.05. The Kier molecular flexibility index (Phi) is 7.19. The monoisotopic (exact) mass is 361 g/mol. The zero-order valence-corrected chi connectivity index (χ0v) is 15.8. The quantitative estimate of drug-likeness (QED) is 0.547. The number of aliphatic imine (C=N–C) groups is 1. The first-order chi connectivity index (χ1) is 12.5. The molecule has 0 aliphatic carbocycles. The molecule has 2 aromatic rings. The molecule has 9 heteroatoms. The number of nitrogens with zero attached hydrogens (tertiary/aromatic N) is 6. The van der Waals surface area contributed by atoms with Gasteiger partial charge in [-0.3, -0.25) is 4.79 Å². The number of nitrogens with one attached hydrogen (secondary N) is 1. The van der Waals surface area contributed by atoms with Crippen molar-refractivity contribution in [1.82, 2.24) is 29.9 Å². The molecule has 0 aromatic carbocycles. The number of likely N-dealkylation sites (N-methyl/N-ethyl adjacent to an activating group) is 1. The van der Waals surface area contributed by atoms with Crippen LogP contribution < -0.4 is 5.32 Å². The second kappa shape index (κ2) is 9.59. The number of hydrogen-bond acceptors (Lipinski definition) is 5. The smallest absolute Gasteiger partial charge is 0.243 e. The SMILES string of the molecule is CCc1nncn1CCNC(=NCC(=O)N(C)C)N(C)Cc1ccco1. The Morgan fingerprint density at radius 2 is 2.19 bits per heavy atom. The molecule has 0 saturated heterocycles. The van der Waals surface area contributed by atoms with E-state index in [9.17, 15) is 4.79 Å². The van der Waals surface area contributed by atoms with Crippen molar-refractivity contribution in [2.75, 3.05) is 34.2 Å². The van der Waals surface area contributed by atoms with Crippen molar-refractivity contribution in [1.29, 1.82) is 0 Å². The molecule has 9 nitrogen and oxygen atoms in total. The highest BCUT2D eigenvalue weighted by molar-refractivity contribution is 5.84. The van der Waals surface area contributed by atoms with Gasteiger partial charge in [0.15, 0.2) is 5.96 Å². The topological polar surface area (TPSA) is 91.8 Å². The van der Waals surface area contributed by atoms with E-state index in [2.05, 4.69) is 20.5 Å². The number of guanidine groups is 1. The molecule has 26 heavy (non-hydrogen) atoms. The first-order valence-corrected chi connectivity index (χ1v) is 8.60. The van der Waals surface area contributed by atoms with Crippen LogP contribution in [0.25, 0.3) is 0 Å². The first-order valence-electron chi connectivity index (χ1n) is 8.60. The number of furan rings is 1. The van der Waals surface area contributed by atoms with Crippen LogP contribution >= 0.6 is 0 Å². The fraction of sp³-hybridized carbons (Fsp3) is 0.529. The normalized spacial score (nSPS) is 11.5. The maximum atomic E-state index is 11.9. The van der Waals surface area contributed by atoms with E-state index in [0.29, 0.717) is 25.6 Å². The molecule has 1 N–H and O–H groups in total. The predicted octanol–water partition coefficient (Wildman–Crippen LogP) is 0.599. The summed E-state index contributed by atoms with van der Waals surface area (Å²) in [5.74, 6) is 2.36. The van der Waals surface area contributed by atoms with Crippen LogP contribution in [0.3, 0.4) is 0 Å². The van der Waals surface area contributed by atoms with Crippen molar-refractivity contribution < 1.29 is 9.21 Å². The van der Waals surface area contributed by atoms with Gasteiger partial charge >= 0.3 is 0 Å². The number of aromatic nitrogens is 3. The molecule has 142 valence electrons. The van der Waals surface area contributed by atoms with Crippen LogP contribution in [0.1, 0.15) is 18.5 Å². The minimum Gasteiger partial charge on any atom is -0.467 e. The molecule has 0 spiro atoms. The Labute approximate surface area is 153 Å². The number of carbonyl (C=O) groups excluding carboxylic acids is 1. The van der Waals surface area contributed by atoms with E-state index in [1.165, 1.54) is 4.90 Å². The lowest BCUT2D eigenvalue weighted by Gasteiger charge is -2.22. The van der Waals surface area contributed by atoms with E-state index in [-0.39, 0.29) is 12.5 Å². The average Bonchev–Trinajstić information content (AvgIpc) is 3.28. The second-order valence-corrected chi connectivity index (χ2v) is 6.08. The van der Waals surface area contributed by atoms with E-state index in [4.69, 9.17) is 4.42 Å². The van der Waals surface area contributed by atoms with E-state index in [0.717, 1.165) is 18.0 Å². The van der Waals surface area contributed by atoms with E-state index < -0.39 is 0 Å². The summed E-state index contributed by atoms with van der Waals surface area (Å²) >= 11 is 0. The van der Waals surface area contributed by atoms with Gasteiger partial charge in [-0.2, -0.15) is 0 Å². The minimum absolute atomic E-state index is 0.0530. The van der Waals surface area contributed by atoms with Gasteiger partial charge in [0.25, 0.3) is 0 Å². The summed E-state index contributed by atoms with van der Waals surface area (Å²) in [6, 6.07) is 3.76. The Morgan fingerprint density at radius 3 is 2.85 bits per heavy atom. The average molecular weight is 361 g/mol. The van der Waals surface area contributed by atoms with Gasteiger partial charge in [0.05, 0.1) is 12.8 Å². The van der Waals surface area contributed by atoms with Crippen molar-refractivity contribution in [3.63, 3.8) is 0 Å². The summed E-state index contributed by atoms with van der Waals surface area (Å²) in [5.41, 5.74) is 0. The highest BCUT2D eigenvalue weighted by Gasteiger charge is 2.11. The third kappa shape index (κ3) is 5.61. The van der Waals surface area contributed by atoms with Crippen LogP contribution in [-0.2, 0) is 24.3 Å². The van der Waals surface area contributed by atoms with Crippen molar-refractivity contribution in [3.8, 4) is 0 Å². The third-order valence-electron chi connectivity index (χ3n) is 3.85. The summed E-state index contributed by atoms with van der Waals surface area (Å²) in [6.07, 6.45) is 4.19. The van der Waals surface area contributed by atoms with Gasteiger partial charge in [-0.05, 0) is 12.1 Å². The van der Waals surface area contributed by atoms with Crippen molar-refractivity contribution in [2.45, 2.75) is 26.4 Å². The molecule has 2 rings (SSSR count). The van der Waals surface area contributed by atoms with Crippen LogP contribution in [0.15, 0.2) is 34.1 Å². The summed E-state index contributed by atoms with van der Waals surface area (Å²) < 4.78 is 7.39. The summed E-state index contributed by atoms with van der Waals surface area (Å²) in [7, 11) is 5.34. The summed E-state index contributed by atoms with van der Waals surface area (Å²) in [5, 5.41) is 11.3. The molecule has 0 fully saturated rings.